The predicted octanol–water partition coefficient (Wildman–Crippen LogP) is 5.36. The molecule has 0 heterocycles. The largest absolute Gasteiger partial charge is 0.506 e. The van der Waals surface area contributed by atoms with E-state index in [-0.39, 0.29) is 25.6 Å². The van der Waals surface area contributed by atoms with E-state index < -0.39 is 40.5 Å². The van der Waals surface area contributed by atoms with Crippen LogP contribution in [0.3, 0.4) is 0 Å². The molecule has 3 N–H and O–H groups in total. The number of phenolic OH excluding ortho intramolecular Hbond substituents is 1. The predicted molar refractivity (Wildman–Crippen MR) is 103 cm³/mol. The van der Waals surface area contributed by atoms with Crippen LogP contribution in [-0.2, 0) is 19.3 Å². The maximum atomic E-state index is 13.5. The van der Waals surface area contributed by atoms with Crippen LogP contribution in [0.4, 0.5) is 13.2 Å². The molecule has 9 heteroatoms. The van der Waals surface area contributed by atoms with Crippen LogP contribution in [0, 0.1) is 5.92 Å². The first-order chi connectivity index (χ1) is 12.6. The summed E-state index contributed by atoms with van der Waals surface area (Å²) in [6.07, 6.45) is -4.90. The van der Waals surface area contributed by atoms with Crippen molar-refractivity contribution in [1.82, 2.24) is 0 Å². The maximum absolute atomic E-state index is 13.5. The first-order valence-corrected chi connectivity index (χ1v) is 8.51. The van der Waals surface area contributed by atoms with Crippen molar-refractivity contribution in [3.63, 3.8) is 0 Å². The van der Waals surface area contributed by atoms with Gasteiger partial charge in [-0.2, -0.15) is 13.2 Å². The number of halogens is 5. The van der Waals surface area contributed by atoms with Crippen LogP contribution >= 0.6 is 24.0 Å². The van der Waals surface area contributed by atoms with Gasteiger partial charge >= 0.3 is 6.18 Å². The maximum Gasteiger partial charge on any atom is 0.423 e. The van der Waals surface area contributed by atoms with E-state index >= 15 is 0 Å². The molecule has 0 spiro atoms. The van der Waals surface area contributed by atoms with Gasteiger partial charge in [0.1, 0.15) is 23.7 Å². The minimum atomic E-state index is -4.90. The number of ketones is 1. The van der Waals surface area contributed by atoms with Gasteiger partial charge in [0.15, 0.2) is 5.78 Å². The van der Waals surface area contributed by atoms with E-state index in [4.69, 9.17) is 22.1 Å². The van der Waals surface area contributed by atoms with Crippen LogP contribution in [-0.4, -0.2) is 10.9 Å². The molecule has 0 fully saturated rings. The number of aromatic hydroxyl groups is 1. The van der Waals surface area contributed by atoms with Crippen molar-refractivity contribution in [3.05, 3.63) is 57.6 Å². The minimum absolute atomic E-state index is 0. The van der Waals surface area contributed by atoms with Crippen LogP contribution in [0.5, 0.6) is 11.5 Å². The number of rotatable bonds is 6. The number of Topliss-reactive ketones (excluding diaryl/α,β-unsaturated/α-hetero) is 1. The topological polar surface area (TPSA) is 72.5 Å². The Labute approximate surface area is 171 Å². The molecule has 0 aliphatic heterocycles. The van der Waals surface area contributed by atoms with Gasteiger partial charge in [-0.15, -0.1) is 12.4 Å². The summed E-state index contributed by atoms with van der Waals surface area (Å²) in [7, 11) is 0. The van der Waals surface area contributed by atoms with Crippen molar-refractivity contribution in [3.8, 4) is 11.5 Å². The van der Waals surface area contributed by atoms with Gasteiger partial charge in [0.05, 0.1) is 5.56 Å². The molecule has 2 aromatic rings. The van der Waals surface area contributed by atoms with E-state index in [9.17, 15) is 23.1 Å². The van der Waals surface area contributed by atoms with Gasteiger partial charge in [0.25, 0.3) is 0 Å². The smallest absolute Gasteiger partial charge is 0.423 e. The molecule has 0 bridgehead atoms. The van der Waals surface area contributed by atoms with Crippen molar-refractivity contribution in [2.45, 2.75) is 33.2 Å². The zero-order chi connectivity index (χ0) is 20.4. The van der Waals surface area contributed by atoms with Gasteiger partial charge < -0.3 is 15.6 Å². The Balaban J connectivity index is 0.00000392. The molecular weight excluding hydrogens is 418 g/mol. The minimum Gasteiger partial charge on any atom is -0.506 e. The number of ether oxygens (including phenoxy) is 1. The quantitative estimate of drug-likeness (QED) is 0.596. The van der Waals surface area contributed by atoms with Crippen molar-refractivity contribution < 1.29 is 27.8 Å². The Morgan fingerprint density at radius 2 is 1.89 bits per heavy atom. The molecule has 0 aliphatic rings. The molecule has 4 nitrogen and oxygen atoms in total. The summed E-state index contributed by atoms with van der Waals surface area (Å²) < 4.78 is 45.7. The lowest BCUT2D eigenvalue weighted by atomic mass is 9.97. The molecule has 154 valence electrons. The van der Waals surface area contributed by atoms with Crippen LogP contribution in [0.2, 0.25) is 5.02 Å². The number of benzene rings is 2. The highest BCUT2D eigenvalue weighted by molar-refractivity contribution is 6.31. The monoisotopic (exact) mass is 437 g/mol. The lowest BCUT2D eigenvalue weighted by Crippen LogP contribution is -2.14. The Bertz CT molecular complexity index is 855. The van der Waals surface area contributed by atoms with E-state index in [1.165, 1.54) is 13.8 Å². The summed E-state index contributed by atoms with van der Waals surface area (Å²) in [5, 5.41) is 10.4. The van der Waals surface area contributed by atoms with Crippen LogP contribution in [0.1, 0.15) is 40.9 Å². The Morgan fingerprint density at radius 1 is 1.25 bits per heavy atom. The Kier molecular flexibility index (Phi) is 8.16. The molecule has 0 saturated carbocycles. The third-order valence-corrected chi connectivity index (χ3v) is 4.30. The molecule has 0 radical (unpaired) electrons. The van der Waals surface area contributed by atoms with Crippen LogP contribution < -0.4 is 10.5 Å². The Hall–Kier alpha value is -1.96. The van der Waals surface area contributed by atoms with Gasteiger partial charge in [0, 0.05) is 23.0 Å². The molecule has 0 aliphatic carbocycles. The van der Waals surface area contributed by atoms with Gasteiger partial charge in [-0.1, -0.05) is 37.6 Å². The lowest BCUT2D eigenvalue weighted by molar-refractivity contribution is -0.140. The number of nitrogens with two attached hydrogens (primary N) is 1. The fourth-order valence-electron chi connectivity index (χ4n) is 2.47. The average Bonchev–Trinajstić information content (AvgIpc) is 2.58. The second-order valence-corrected chi connectivity index (χ2v) is 6.68. The third-order valence-electron chi connectivity index (χ3n) is 3.95. The molecule has 0 unspecified atom stereocenters. The van der Waals surface area contributed by atoms with E-state index in [2.05, 4.69) is 0 Å². The average molecular weight is 438 g/mol. The summed E-state index contributed by atoms with van der Waals surface area (Å²) in [6.45, 7) is 3.10. The summed E-state index contributed by atoms with van der Waals surface area (Å²) in [4.78, 5) is 12.0. The molecule has 0 atom stereocenters. The number of hydrogen-bond donors (Lipinski definition) is 2. The summed E-state index contributed by atoms with van der Waals surface area (Å²) >= 11 is 6.09. The van der Waals surface area contributed by atoms with Crippen molar-refractivity contribution in [1.29, 1.82) is 0 Å². The highest BCUT2D eigenvalue weighted by Gasteiger charge is 2.39. The fourth-order valence-corrected chi connectivity index (χ4v) is 2.72. The van der Waals surface area contributed by atoms with E-state index in [0.717, 1.165) is 17.7 Å². The number of carbonyl (C=O) groups is 1. The number of hydrogen-bond acceptors (Lipinski definition) is 4. The molecule has 0 amide bonds. The zero-order valence-corrected chi connectivity index (χ0v) is 16.7. The summed E-state index contributed by atoms with van der Waals surface area (Å²) in [5.74, 6) is -2.88. The number of carbonyl (C=O) groups excluding carboxylic acids is 1. The second-order valence-electron chi connectivity index (χ2n) is 6.27. The molecule has 2 rings (SSSR count). The molecule has 0 aromatic heterocycles. The second kappa shape index (κ2) is 9.49. The van der Waals surface area contributed by atoms with Gasteiger partial charge in [-0.05, 0) is 23.8 Å². The number of alkyl halides is 3. The van der Waals surface area contributed by atoms with Crippen molar-refractivity contribution in [2.24, 2.45) is 11.7 Å². The van der Waals surface area contributed by atoms with Crippen LogP contribution in [0.25, 0.3) is 0 Å². The van der Waals surface area contributed by atoms with Crippen molar-refractivity contribution >= 4 is 29.8 Å². The van der Waals surface area contributed by atoms with Gasteiger partial charge in [-0.25, -0.2) is 0 Å². The van der Waals surface area contributed by atoms with Gasteiger partial charge in [0.2, 0.25) is 0 Å². The molecule has 0 saturated heterocycles. The summed E-state index contributed by atoms with van der Waals surface area (Å²) in [5.41, 5.74) is 4.96. The lowest BCUT2D eigenvalue weighted by Gasteiger charge is -2.18. The molecule has 28 heavy (non-hydrogen) atoms. The zero-order valence-electron chi connectivity index (χ0n) is 15.1. The molecule has 2 aromatic carbocycles. The highest BCUT2D eigenvalue weighted by Crippen LogP contribution is 2.44. The number of phenols is 1. The SMILES string of the molecule is CC(C)C(=O)c1ccc(OCc2ccc(CN)cc2Cl)c(C(F)(F)F)c1O.Cl. The van der Waals surface area contributed by atoms with Crippen molar-refractivity contribution in [2.75, 3.05) is 0 Å². The standard InChI is InChI=1S/C19H19ClF3NO3.ClH/c1-10(2)17(25)13-5-6-15(16(18(13)26)19(21,22)23)27-9-12-4-3-11(8-24)7-14(12)20;/h3-7,10,26H,8-9,24H2,1-2H3;1H. The fraction of sp³-hybridized carbons (Fsp3) is 0.316. The Morgan fingerprint density at radius 3 is 2.39 bits per heavy atom. The first kappa shape index (κ1) is 24.1. The highest BCUT2D eigenvalue weighted by atomic mass is 35.5. The normalized spacial score (nSPS) is 11.3. The first-order valence-electron chi connectivity index (χ1n) is 8.13. The van der Waals surface area contributed by atoms with E-state index in [1.54, 1.807) is 18.2 Å². The molecular formula is C19H20Cl2F3NO3. The third kappa shape index (κ3) is 5.31. The van der Waals surface area contributed by atoms with Gasteiger partial charge in [-0.3, -0.25) is 4.79 Å². The van der Waals surface area contributed by atoms with E-state index in [0.29, 0.717) is 10.6 Å². The van der Waals surface area contributed by atoms with E-state index in [1.807, 2.05) is 0 Å². The van der Waals surface area contributed by atoms with Crippen LogP contribution in [0.15, 0.2) is 30.3 Å². The summed E-state index contributed by atoms with van der Waals surface area (Å²) in [6, 6.07) is 7.06.